The Labute approximate surface area is 578 Å². The van der Waals surface area contributed by atoms with Crippen molar-refractivity contribution in [3.63, 3.8) is 0 Å². The molecule has 15 aromatic carbocycles. The van der Waals surface area contributed by atoms with Crippen LogP contribution in [-0.4, -0.2) is 22.2 Å². The van der Waals surface area contributed by atoms with Crippen LogP contribution in [0.3, 0.4) is 0 Å². The zero-order chi connectivity index (χ0) is 65.8. The second-order valence-electron chi connectivity index (χ2n) is 26.0. The lowest BCUT2D eigenvalue weighted by Gasteiger charge is -2.34. The molecule has 17 aromatic rings. The van der Waals surface area contributed by atoms with Crippen molar-refractivity contribution in [3.05, 3.63) is 390 Å². The van der Waals surface area contributed by atoms with Gasteiger partial charge in [0.1, 0.15) is 16.8 Å². The number of aliphatic hydroxyl groups excluding tert-OH is 1. The van der Waals surface area contributed by atoms with Crippen molar-refractivity contribution in [3.8, 4) is 93.4 Å². The topological polar surface area (TPSA) is 55.2 Å². The predicted octanol–water partition coefficient (Wildman–Crippen LogP) is 23.4. The number of ether oxygens (including phenoxy) is 1. The normalized spacial score (nSPS) is 13.2. The number of fused-ring (bicyclic) bond motifs is 13. The summed E-state index contributed by atoms with van der Waals surface area (Å²) in [6.07, 6.45) is 0. The van der Waals surface area contributed by atoms with Gasteiger partial charge in [-0.2, -0.15) is 0 Å². The molecule has 5 heteroatoms. The third-order valence-corrected chi connectivity index (χ3v) is 22.4. The van der Waals surface area contributed by atoms with E-state index in [4.69, 9.17) is 14.7 Å². The fourth-order valence-corrected chi connectivity index (χ4v) is 18.3. The molecular weight excluding hydrogens is 1220 g/mol. The summed E-state index contributed by atoms with van der Waals surface area (Å²) in [7, 11) is 1.74. The monoisotopic (exact) mass is 1280 g/mol. The van der Waals surface area contributed by atoms with Gasteiger partial charge < -0.3 is 9.84 Å². The molecule has 0 radical (unpaired) electrons. The molecule has 0 amide bonds. The maximum absolute atomic E-state index is 10.8. The van der Waals surface area contributed by atoms with Gasteiger partial charge in [0, 0.05) is 27.5 Å². The molecule has 4 nitrogen and oxygen atoms in total. The molecule has 2 aliphatic carbocycles. The number of aromatic nitrogens is 2. The summed E-state index contributed by atoms with van der Waals surface area (Å²) >= 11 is 1.81. The van der Waals surface area contributed by atoms with Crippen LogP contribution in [0.2, 0.25) is 0 Å². The highest BCUT2D eigenvalue weighted by Crippen LogP contribution is 2.63. The Hall–Kier alpha value is -12.1. The van der Waals surface area contributed by atoms with Gasteiger partial charge in [-0.1, -0.05) is 322 Å². The fourth-order valence-electron chi connectivity index (χ4n) is 17.1. The maximum Gasteiger partial charge on any atom is 0.126 e. The van der Waals surface area contributed by atoms with E-state index in [2.05, 4.69) is 315 Å². The fraction of sp³-hybridized carbons (Fsp3) is 0.0426. The van der Waals surface area contributed by atoms with Crippen LogP contribution in [-0.2, 0) is 17.4 Å². The number of benzene rings is 15. The minimum atomic E-state index is -0.637. The van der Waals surface area contributed by atoms with Crippen LogP contribution in [0.4, 0.5) is 0 Å². The molecule has 0 spiro atoms. The molecule has 0 atom stereocenters. The number of rotatable bonds is 12. The van der Waals surface area contributed by atoms with Gasteiger partial charge in [0.25, 0.3) is 0 Å². The molecular formula is C94H62N2O2S. The summed E-state index contributed by atoms with van der Waals surface area (Å²) in [4.78, 5) is 14.7. The minimum absolute atomic E-state index is 0.0737. The lowest BCUT2D eigenvalue weighted by atomic mass is 9.67. The molecule has 0 unspecified atom stereocenters. The number of hydrogen-bond acceptors (Lipinski definition) is 5. The van der Waals surface area contributed by atoms with E-state index in [1.54, 1.807) is 7.11 Å². The average molecular weight is 1280 g/mol. The molecule has 2 aliphatic rings. The number of aliphatic hydroxyl groups is 1. The highest BCUT2D eigenvalue weighted by atomic mass is 32.1. The maximum atomic E-state index is 10.8. The Morgan fingerprint density at radius 2 is 0.636 bits per heavy atom. The van der Waals surface area contributed by atoms with E-state index in [-0.39, 0.29) is 6.61 Å². The molecule has 0 bridgehead atoms. The van der Waals surface area contributed by atoms with Gasteiger partial charge in [-0.25, -0.2) is 9.97 Å². The van der Waals surface area contributed by atoms with Gasteiger partial charge in [0.15, 0.2) is 0 Å². The van der Waals surface area contributed by atoms with Gasteiger partial charge in [-0.05, 0) is 140 Å². The number of para-hydroxylation sites is 1. The molecule has 0 fully saturated rings. The van der Waals surface area contributed by atoms with E-state index in [9.17, 15) is 5.11 Å². The molecule has 2 heterocycles. The van der Waals surface area contributed by atoms with E-state index in [0.29, 0.717) is 0 Å². The summed E-state index contributed by atoms with van der Waals surface area (Å²) in [6.45, 7) is -0.0737. The first-order chi connectivity index (χ1) is 49.1. The molecule has 0 saturated carbocycles. The molecule has 0 saturated heterocycles. The Balaban J connectivity index is 0.961. The zero-order valence-electron chi connectivity index (χ0n) is 54.2. The van der Waals surface area contributed by atoms with Crippen molar-refractivity contribution in [2.45, 2.75) is 17.4 Å². The standard InChI is InChI=1S/C94H62N2O2S/c1-98-84-51-25-22-42-73(84)70-41-19-17-38-67(70)60-53-55-72-71-54-52-59(66-37-16-18-40-69(66)68-39-15-14-28-61(68)58-97)56-78(71)87-88(79(72)57-60)96-90-89(95-87)91(76-45-26-49-82-85(76)74-43-20-23-47-80(74)93(82,62-29-6-2-7-30-62)63-31-8-3-9-32-63)99-92(90)77-46-27-50-83-86(77)75-44-21-24-48-81(75)94(83,64-33-10-4-11-34-64)65-35-12-5-13-36-65/h2-57,97H,58H2,1H3. The van der Waals surface area contributed by atoms with E-state index in [1.807, 2.05) is 35.6 Å². The van der Waals surface area contributed by atoms with Crippen molar-refractivity contribution in [2.24, 2.45) is 0 Å². The largest absolute Gasteiger partial charge is 0.496 e. The summed E-state index contributed by atoms with van der Waals surface area (Å²) in [5.74, 6) is 0.812. The van der Waals surface area contributed by atoms with Gasteiger partial charge >= 0.3 is 0 Å². The van der Waals surface area contributed by atoms with Gasteiger partial charge in [-0.15, -0.1) is 11.3 Å². The molecule has 99 heavy (non-hydrogen) atoms. The third kappa shape index (κ3) is 8.68. The average Bonchev–Trinajstić information content (AvgIpc) is 1.54. The van der Waals surface area contributed by atoms with Crippen LogP contribution < -0.4 is 4.74 Å². The van der Waals surface area contributed by atoms with Crippen LogP contribution in [0.25, 0.3) is 131 Å². The number of nitrogens with zero attached hydrogens (tertiary/aromatic N) is 2. The number of hydrogen-bond donors (Lipinski definition) is 1. The zero-order valence-corrected chi connectivity index (χ0v) is 55.0. The summed E-state index contributed by atoms with van der Waals surface area (Å²) in [5.41, 5.74) is 28.1. The summed E-state index contributed by atoms with van der Waals surface area (Å²) < 4.78 is 6.04. The van der Waals surface area contributed by atoms with Crippen LogP contribution in [0.15, 0.2) is 340 Å². The highest BCUT2D eigenvalue weighted by molar-refractivity contribution is 7.21. The highest BCUT2D eigenvalue weighted by Gasteiger charge is 2.49. The summed E-state index contributed by atoms with van der Waals surface area (Å²) in [6, 6.07) is 124. The first kappa shape index (κ1) is 58.3. The lowest BCUT2D eigenvalue weighted by molar-refractivity contribution is 0.282. The van der Waals surface area contributed by atoms with Crippen LogP contribution >= 0.6 is 11.3 Å². The van der Waals surface area contributed by atoms with Crippen molar-refractivity contribution in [1.82, 2.24) is 9.97 Å². The van der Waals surface area contributed by atoms with Crippen molar-refractivity contribution < 1.29 is 9.84 Å². The second-order valence-corrected chi connectivity index (χ2v) is 27.0. The van der Waals surface area contributed by atoms with Crippen molar-refractivity contribution in [1.29, 1.82) is 0 Å². The summed E-state index contributed by atoms with van der Waals surface area (Å²) in [5, 5.41) is 14.9. The Kier molecular flexibility index (Phi) is 13.7. The SMILES string of the molecule is COc1ccccc1-c1ccccc1-c1ccc2c3ccc(-c4ccccc4-c4ccccc4CO)cc3c3nc4c(-c5cccc6c5-c5ccccc5C6(c5ccccc5)c5ccccc5)sc(-c5cccc6c5-c5ccccc5C6(c5ccccc5)c5ccccc5)c4nc3c2c1. The third-order valence-electron chi connectivity index (χ3n) is 21.2. The van der Waals surface area contributed by atoms with E-state index in [1.165, 1.54) is 66.8 Å². The molecule has 1 N–H and O–H groups in total. The smallest absolute Gasteiger partial charge is 0.126 e. The predicted molar refractivity (Wildman–Crippen MR) is 410 cm³/mol. The molecule has 2 aromatic heterocycles. The van der Waals surface area contributed by atoms with Gasteiger partial charge in [0.2, 0.25) is 0 Å². The Morgan fingerprint density at radius 1 is 0.293 bits per heavy atom. The van der Waals surface area contributed by atoms with E-state index >= 15 is 0 Å². The van der Waals surface area contributed by atoms with Crippen molar-refractivity contribution in [2.75, 3.05) is 7.11 Å². The molecule has 466 valence electrons. The van der Waals surface area contributed by atoms with E-state index in [0.717, 1.165) is 120 Å². The molecule has 19 rings (SSSR count). The first-order valence-electron chi connectivity index (χ1n) is 33.9. The minimum Gasteiger partial charge on any atom is -0.496 e. The lowest BCUT2D eigenvalue weighted by Crippen LogP contribution is -2.28. The first-order valence-corrected chi connectivity index (χ1v) is 34.7. The van der Waals surface area contributed by atoms with Crippen LogP contribution in [0.1, 0.15) is 50.1 Å². The van der Waals surface area contributed by atoms with Crippen molar-refractivity contribution >= 4 is 54.9 Å². The van der Waals surface area contributed by atoms with Crippen LogP contribution in [0, 0.1) is 0 Å². The van der Waals surface area contributed by atoms with Crippen LogP contribution in [0.5, 0.6) is 5.75 Å². The molecule has 0 aliphatic heterocycles. The Bertz CT molecular complexity index is 5630. The quantitative estimate of drug-likeness (QED) is 0.124. The van der Waals surface area contributed by atoms with Gasteiger partial charge in [-0.3, -0.25) is 0 Å². The Morgan fingerprint density at radius 3 is 1.07 bits per heavy atom. The second kappa shape index (κ2) is 23.3. The number of methoxy groups -OCH3 is 1. The number of thiophene rings is 1. The van der Waals surface area contributed by atoms with Gasteiger partial charge in [0.05, 0.1) is 45.3 Å². The van der Waals surface area contributed by atoms with E-state index < -0.39 is 10.8 Å².